The van der Waals surface area contributed by atoms with Crippen LogP contribution in [0.1, 0.15) is 26.3 Å². The Kier molecular flexibility index (Phi) is 5.04. The largest absolute Gasteiger partial charge is 0.487 e. The van der Waals surface area contributed by atoms with E-state index in [1.807, 2.05) is 63.2 Å². The molecule has 0 aliphatic heterocycles. The molecule has 0 fully saturated rings. The molecule has 1 amide bonds. The Balaban J connectivity index is 2.03. The van der Waals surface area contributed by atoms with Crippen LogP contribution in [0, 0.1) is 5.41 Å². The zero-order valence-corrected chi connectivity index (χ0v) is 16.2. The summed E-state index contributed by atoms with van der Waals surface area (Å²) in [4.78, 5) is 18.9. The Hall–Kier alpha value is -3.08. The monoisotopic (exact) mass is 363 g/mol. The van der Waals surface area contributed by atoms with E-state index < -0.39 is 5.41 Å². The number of carbonyl (C=O) groups excluding carboxylic acids is 1. The Morgan fingerprint density at radius 3 is 2.52 bits per heavy atom. The van der Waals surface area contributed by atoms with E-state index >= 15 is 0 Å². The number of amides is 1. The highest BCUT2D eigenvalue weighted by Gasteiger charge is 2.28. The third-order valence-corrected chi connectivity index (χ3v) is 4.38. The molecule has 0 atom stereocenters. The molecule has 1 heterocycles. The Morgan fingerprint density at radius 2 is 1.85 bits per heavy atom. The van der Waals surface area contributed by atoms with E-state index in [1.165, 1.54) is 0 Å². The number of hydrogen-bond acceptors (Lipinski definition) is 4. The van der Waals surface area contributed by atoms with E-state index in [0.717, 1.165) is 10.9 Å². The van der Waals surface area contributed by atoms with Gasteiger partial charge in [0.15, 0.2) is 0 Å². The number of ether oxygens (including phenoxy) is 1. The van der Waals surface area contributed by atoms with Gasteiger partial charge in [-0.1, -0.05) is 51.1 Å². The van der Waals surface area contributed by atoms with Crippen molar-refractivity contribution in [3.63, 3.8) is 0 Å². The van der Waals surface area contributed by atoms with Crippen molar-refractivity contribution >= 4 is 28.2 Å². The molecule has 2 aromatic carbocycles. The Labute approximate surface area is 159 Å². The summed E-state index contributed by atoms with van der Waals surface area (Å²) >= 11 is 0. The molecule has 0 saturated heterocycles. The van der Waals surface area contributed by atoms with Gasteiger partial charge in [-0.05, 0) is 17.7 Å². The molecule has 5 heteroatoms. The molecule has 0 unspecified atom stereocenters. The maximum Gasteiger partial charge on any atom is 0.232 e. The van der Waals surface area contributed by atoms with Crippen LogP contribution in [0.5, 0.6) is 5.75 Å². The minimum absolute atomic E-state index is 0.0164. The average molecular weight is 363 g/mol. The second-order valence-electron chi connectivity index (χ2n) is 7.60. The molecule has 0 bridgehead atoms. The van der Waals surface area contributed by atoms with E-state index in [-0.39, 0.29) is 5.91 Å². The predicted octanol–water partition coefficient (Wildman–Crippen LogP) is 4.40. The number of nitrogens with zero attached hydrogens (tertiary/aromatic N) is 2. The second kappa shape index (κ2) is 7.27. The lowest BCUT2D eigenvalue weighted by Gasteiger charge is -2.28. The predicted molar refractivity (Wildman–Crippen MR) is 110 cm³/mol. The maximum atomic E-state index is 12.8. The molecule has 1 aromatic heterocycles. The van der Waals surface area contributed by atoms with Crippen LogP contribution >= 0.6 is 0 Å². The average Bonchev–Trinajstić information content (AvgIpc) is 2.65. The highest BCUT2D eigenvalue weighted by atomic mass is 16.5. The van der Waals surface area contributed by atoms with Gasteiger partial charge in [-0.15, -0.1) is 0 Å². The quantitative estimate of drug-likeness (QED) is 0.697. The molecule has 3 aromatic rings. The van der Waals surface area contributed by atoms with Crippen LogP contribution in [0.25, 0.3) is 10.9 Å². The van der Waals surface area contributed by atoms with E-state index in [0.29, 0.717) is 29.2 Å². The van der Waals surface area contributed by atoms with Gasteiger partial charge < -0.3 is 15.4 Å². The molecule has 140 valence electrons. The van der Waals surface area contributed by atoms with Crippen molar-refractivity contribution in [2.45, 2.75) is 27.4 Å². The van der Waals surface area contributed by atoms with Crippen LogP contribution < -0.4 is 15.4 Å². The summed E-state index contributed by atoms with van der Waals surface area (Å²) in [7, 11) is 1.75. The third-order valence-electron chi connectivity index (χ3n) is 4.38. The summed E-state index contributed by atoms with van der Waals surface area (Å²) < 4.78 is 6.00. The molecule has 0 spiro atoms. The van der Waals surface area contributed by atoms with Crippen LogP contribution in [0.3, 0.4) is 0 Å². The number of aromatic nitrogens is 1. The molecule has 3 rings (SSSR count). The number of nitrogens with two attached hydrogens (primary N) is 1. The van der Waals surface area contributed by atoms with Crippen molar-refractivity contribution in [1.82, 2.24) is 4.98 Å². The van der Waals surface area contributed by atoms with Gasteiger partial charge in [0.05, 0.1) is 11.4 Å². The van der Waals surface area contributed by atoms with Crippen molar-refractivity contribution in [3.8, 4) is 5.75 Å². The maximum absolute atomic E-state index is 12.8. The first kappa shape index (κ1) is 18.7. The van der Waals surface area contributed by atoms with Gasteiger partial charge >= 0.3 is 0 Å². The number of pyridine rings is 1. The van der Waals surface area contributed by atoms with Gasteiger partial charge in [0.1, 0.15) is 17.9 Å². The van der Waals surface area contributed by atoms with Crippen molar-refractivity contribution in [2.24, 2.45) is 5.41 Å². The van der Waals surface area contributed by atoms with Crippen LogP contribution in [0.2, 0.25) is 0 Å². The fraction of sp³-hybridized carbons (Fsp3) is 0.273. The van der Waals surface area contributed by atoms with E-state index in [9.17, 15) is 4.79 Å². The molecular formula is C22H25N3O2. The highest BCUT2D eigenvalue weighted by Crippen LogP contribution is 2.39. The van der Waals surface area contributed by atoms with Gasteiger partial charge in [0, 0.05) is 30.1 Å². The molecule has 27 heavy (non-hydrogen) atoms. The topological polar surface area (TPSA) is 68.5 Å². The lowest BCUT2D eigenvalue weighted by molar-refractivity contribution is -0.125. The molecular weight excluding hydrogens is 338 g/mol. The summed E-state index contributed by atoms with van der Waals surface area (Å²) in [6.45, 7) is 6.08. The summed E-state index contributed by atoms with van der Waals surface area (Å²) in [5.74, 6) is 0.588. The van der Waals surface area contributed by atoms with Gasteiger partial charge in [0.25, 0.3) is 0 Å². The second-order valence-corrected chi connectivity index (χ2v) is 7.60. The summed E-state index contributed by atoms with van der Waals surface area (Å²) in [6.07, 6.45) is 1.71. The zero-order valence-electron chi connectivity index (χ0n) is 16.2. The van der Waals surface area contributed by atoms with Crippen molar-refractivity contribution in [2.75, 3.05) is 17.7 Å². The Morgan fingerprint density at radius 1 is 1.15 bits per heavy atom. The SMILES string of the molecule is CN(C(=O)C(C)(C)C)c1c(N)cc(OCc2ccccc2)c2ncccc12. The van der Waals surface area contributed by atoms with E-state index in [4.69, 9.17) is 10.5 Å². The number of fused-ring (bicyclic) bond motifs is 1. The molecule has 5 nitrogen and oxygen atoms in total. The number of carbonyl (C=O) groups is 1. The van der Waals surface area contributed by atoms with Gasteiger partial charge in [-0.2, -0.15) is 0 Å². The molecule has 0 aliphatic carbocycles. The normalized spacial score (nSPS) is 11.4. The van der Waals surface area contributed by atoms with Crippen LogP contribution in [0.15, 0.2) is 54.7 Å². The number of rotatable bonds is 4. The summed E-state index contributed by atoms with van der Waals surface area (Å²) in [6, 6.07) is 15.4. The van der Waals surface area contributed by atoms with E-state index in [1.54, 1.807) is 24.2 Å². The minimum atomic E-state index is -0.516. The van der Waals surface area contributed by atoms with Crippen LogP contribution in [-0.4, -0.2) is 17.9 Å². The zero-order chi connectivity index (χ0) is 19.6. The lowest BCUT2D eigenvalue weighted by atomic mass is 9.94. The van der Waals surface area contributed by atoms with Gasteiger partial charge in [-0.25, -0.2) is 0 Å². The van der Waals surface area contributed by atoms with Crippen molar-refractivity contribution in [3.05, 3.63) is 60.3 Å². The first-order chi connectivity index (χ1) is 12.8. The number of benzene rings is 2. The fourth-order valence-electron chi connectivity index (χ4n) is 3.05. The van der Waals surface area contributed by atoms with E-state index in [2.05, 4.69) is 4.98 Å². The first-order valence-electron chi connectivity index (χ1n) is 8.91. The number of anilines is 2. The summed E-state index contributed by atoms with van der Waals surface area (Å²) in [5, 5.41) is 0.792. The number of hydrogen-bond donors (Lipinski definition) is 1. The first-order valence-corrected chi connectivity index (χ1v) is 8.91. The number of nitrogen functional groups attached to an aromatic ring is 1. The highest BCUT2D eigenvalue weighted by molar-refractivity contribution is 6.09. The van der Waals surface area contributed by atoms with Crippen LogP contribution in [-0.2, 0) is 11.4 Å². The molecule has 0 radical (unpaired) electrons. The Bertz CT molecular complexity index is 962. The standard InChI is InChI=1S/C22H25N3O2/c1-22(2,3)21(26)25(4)20-16-11-8-12-24-19(16)18(13-17(20)23)27-14-15-9-6-5-7-10-15/h5-13H,14,23H2,1-4H3. The summed E-state index contributed by atoms with van der Waals surface area (Å²) in [5.41, 5.74) is 8.71. The van der Waals surface area contributed by atoms with Crippen LogP contribution in [0.4, 0.5) is 11.4 Å². The third kappa shape index (κ3) is 3.87. The minimum Gasteiger partial charge on any atom is -0.487 e. The lowest BCUT2D eigenvalue weighted by Crippen LogP contribution is -2.37. The molecule has 2 N–H and O–H groups in total. The van der Waals surface area contributed by atoms with Crippen molar-refractivity contribution < 1.29 is 9.53 Å². The molecule has 0 aliphatic rings. The smallest absolute Gasteiger partial charge is 0.232 e. The van der Waals surface area contributed by atoms with Crippen molar-refractivity contribution in [1.29, 1.82) is 0 Å². The van der Waals surface area contributed by atoms with Gasteiger partial charge in [0.2, 0.25) is 5.91 Å². The fourth-order valence-corrected chi connectivity index (χ4v) is 3.05. The molecule has 0 saturated carbocycles. The van der Waals surface area contributed by atoms with Gasteiger partial charge in [-0.3, -0.25) is 9.78 Å².